The van der Waals surface area contributed by atoms with Gasteiger partial charge in [0.2, 0.25) is 0 Å². The van der Waals surface area contributed by atoms with Gasteiger partial charge in [0, 0.05) is 37.3 Å². The summed E-state index contributed by atoms with van der Waals surface area (Å²) in [6.07, 6.45) is 3.09. The number of fused-ring (bicyclic) bond motifs is 1. The molecule has 3 heterocycles. The van der Waals surface area contributed by atoms with E-state index in [1.165, 1.54) is 0 Å². The summed E-state index contributed by atoms with van der Waals surface area (Å²) in [7, 11) is 0. The second-order valence-corrected chi connectivity index (χ2v) is 7.84. The van der Waals surface area contributed by atoms with E-state index in [-0.39, 0.29) is 11.8 Å². The van der Waals surface area contributed by atoms with Crippen LogP contribution in [0.1, 0.15) is 23.2 Å². The minimum Gasteiger partial charge on any atom is -0.380 e. The largest absolute Gasteiger partial charge is 0.380 e. The predicted molar refractivity (Wildman–Crippen MR) is 106 cm³/mol. The van der Waals surface area contributed by atoms with Gasteiger partial charge in [-0.15, -0.1) is 0 Å². The molecular weight excluding hydrogens is 368 g/mol. The van der Waals surface area contributed by atoms with Crippen molar-refractivity contribution < 1.29 is 14.7 Å². The Morgan fingerprint density at radius 2 is 1.62 bits per heavy atom. The number of aliphatic hydroxyl groups is 1. The van der Waals surface area contributed by atoms with Crippen molar-refractivity contribution >= 4 is 17.9 Å². The number of pyridine rings is 1. The summed E-state index contributed by atoms with van der Waals surface area (Å²) in [5.41, 5.74) is 1.30. The first-order chi connectivity index (χ1) is 14.0. The molecule has 1 aliphatic carbocycles. The van der Waals surface area contributed by atoms with Gasteiger partial charge in [-0.2, -0.15) is 0 Å². The van der Waals surface area contributed by atoms with Gasteiger partial charge in [0.25, 0.3) is 11.8 Å². The molecule has 148 valence electrons. The Bertz CT molecular complexity index is 1100. The molecule has 7 nitrogen and oxygen atoms in total. The molecular formula is C22H22N4O3. The van der Waals surface area contributed by atoms with Crippen LogP contribution in [0.15, 0.2) is 41.4 Å². The number of piperazine rings is 1. The van der Waals surface area contributed by atoms with Crippen molar-refractivity contribution in [2.45, 2.75) is 18.4 Å². The molecule has 1 aromatic heterocycles. The monoisotopic (exact) mass is 390 g/mol. The van der Waals surface area contributed by atoms with E-state index in [4.69, 9.17) is 0 Å². The van der Waals surface area contributed by atoms with E-state index < -0.39 is 5.60 Å². The number of rotatable bonds is 3. The van der Waals surface area contributed by atoms with Gasteiger partial charge in [-0.3, -0.25) is 14.6 Å². The summed E-state index contributed by atoms with van der Waals surface area (Å²) >= 11 is 0. The highest BCUT2D eigenvalue weighted by atomic mass is 16.3. The molecule has 1 aromatic carbocycles. The normalized spacial score (nSPS) is 19.2. The molecule has 5 rings (SSSR count). The third kappa shape index (κ3) is 3.31. The number of amides is 2. The lowest BCUT2D eigenvalue weighted by atomic mass is 10.1. The Morgan fingerprint density at radius 1 is 0.931 bits per heavy atom. The van der Waals surface area contributed by atoms with E-state index in [0.29, 0.717) is 51.1 Å². The van der Waals surface area contributed by atoms with Crippen LogP contribution in [-0.2, 0) is 4.79 Å². The Morgan fingerprint density at radius 3 is 2.31 bits per heavy atom. The number of aromatic nitrogens is 1. The Labute approximate surface area is 168 Å². The van der Waals surface area contributed by atoms with Crippen LogP contribution in [0.3, 0.4) is 0 Å². The third-order valence-corrected chi connectivity index (χ3v) is 5.85. The molecule has 1 saturated heterocycles. The number of hydrogen-bond acceptors (Lipinski definition) is 5. The third-order valence-electron chi connectivity index (χ3n) is 5.85. The second kappa shape index (κ2) is 6.77. The Kier molecular flexibility index (Phi) is 4.20. The van der Waals surface area contributed by atoms with Gasteiger partial charge in [0.05, 0.1) is 22.9 Å². The Hall–Kier alpha value is -3.06. The zero-order valence-electron chi connectivity index (χ0n) is 16.0. The van der Waals surface area contributed by atoms with E-state index in [2.05, 4.69) is 9.98 Å². The number of carbonyl (C=O) groups excluding carboxylic acids is 2. The van der Waals surface area contributed by atoms with Gasteiger partial charge in [0.15, 0.2) is 0 Å². The molecule has 7 heteroatoms. The van der Waals surface area contributed by atoms with Gasteiger partial charge in [-0.25, -0.2) is 4.98 Å². The standard InChI is InChI=1S/C22H22N4O3/c27-20(25-11-13-26(14-12-25)21(28)22(29)8-9-22)16-3-1-15(2-4-16)17-5-6-18-19(24-17)7-10-23-18/h1-7,29H,8-14H2. The highest BCUT2D eigenvalue weighted by Gasteiger charge is 2.50. The average Bonchev–Trinajstić information content (AvgIpc) is 3.34. The van der Waals surface area contributed by atoms with Crippen molar-refractivity contribution in [1.29, 1.82) is 0 Å². The molecule has 0 bridgehead atoms. The molecule has 1 N–H and O–H groups in total. The number of hydrogen-bond donors (Lipinski definition) is 1. The van der Waals surface area contributed by atoms with Gasteiger partial charge in [0.1, 0.15) is 5.60 Å². The summed E-state index contributed by atoms with van der Waals surface area (Å²) in [4.78, 5) is 37.5. The van der Waals surface area contributed by atoms with Gasteiger partial charge >= 0.3 is 0 Å². The fourth-order valence-corrected chi connectivity index (χ4v) is 3.85. The summed E-state index contributed by atoms with van der Waals surface area (Å²) in [5, 5.41) is 11.8. The van der Waals surface area contributed by atoms with Crippen LogP contribution in [-0.4, -0.2) is 70.0 Å². The van der Waals surface area contributed by atoms with Gasteiger partial charge in [-0.05, 0) is 43.2 Å². The molecule has 2 amide bonds. The van der Waals surface area contributed by atoms with Crippen molar-refractivity contribution in [2.75, 3.05) is 32.7 Å². The van der Waals surface area contributed by atoms with Crippen LogP contribution in [0.25, 0.3) is 17.3 Å². The summed E-state index contributed by atoms with van der Waals surface area (Å²) in [6, 6.07) is 11.4. The van der Waals surface area contributed by atoms with Crippen LogP contribution in [0.2, 0.25) is 0 Å². The first-order valence-corrected chi connectivity index (χ1v) is 9.97. The molecule has 0 radical (unpaired) electrons. The maximum atomic E-state index is 12.8. The molecule has 0 atom stereocenters. The van der Waals surface area contributed by atoms with E-state index in [0.717, 1.165) is 22.0 Å². The summed E-state index contributed by atoms with van der Waals surface area (Å²) < 4.78 is 0. The zero-order chi connectivity index (χ0) is 20.0. The van der Waals surface area contributed by atoms with Crippen molar-refractivity contribution in [1.82, 2.24) is 14.8 Å². The molecule has 0 unspecified atom stereocenters. The maximum Gasteiger partial charge on any atom is 0.254 e. The SMILES string of the molecule is O=C(c1ccc(-c2ccc3c(n2)=CCN=3)cc1)N1CCN(C(=O)C2(O)CC2)CC1. The fraction of sp³-hybridized carbons (Fsp3) is 0.364. The minimum atomic E-state index is -1.14. The van der Waals surface area contributed by atoms with Gasteiger partial charge in [-0.1, -0.05) is 12.1 Å². The highest BCUT2D eigenvalue weighted by Crippen LogP contribution is 2.37. The number of nitrogens with zero attached hydrogens (tertiary/aromatic N) is 4. The van der Waals surface area contributed by atoms with Crippen LogP contribution >= 0.6 is 0 Å². The minimum absolute atomic E-state index is 0.0390. The van der Waals surface area contributed by atoms with Crippen LogP contribution < -0.4 is 10.7 Å². The molecule has 3 aliphatic rings. The molecule has 2 aromatic rings. The lowest BCUT2D eigenvalue weighted by Gasteiger charge is -2.35. The van der Waals surface area contributed by atoms with Crippen LogP contribution in [0.4, 0.5) is 0 Å². The second-order valence-electron chi connectivity index (χ2n) is 7.84. The Balaban J connectivity index is 1.25. The summed E-state index contributed by atoms with van der Waals surface area (Å²) in [5.74, 6) is -0.233. The number of benzene rings is 1. The fourth-order valence-electron chi connectivity index (χ4n) is 3.85. The quantitative estimate of drug-likeness (QED) is 0.798. The molecule has 1 saturated carbocycles. The molecule has 0 spiro atoms. The lowest BCUT2D eigenvalue weighted by molar-refractivity contribution is -0.143. The average molecular weight is 390 g/mol. The van der Waals surface area contributed by atoms with E-state index in [1.807, 2.05) is 42.5 Å². The van der Waals surface area contributed by atoms with Crippen molar-refractivity contribution in [3.8, 4) is 11.3 Å². The summed E-state index contributed by atoms with van der Waals surface area (Å²) in [6.45, 7) is 2.57. The van der Waals surface area contributed by atoms with E-state index in [1.54, 1.807) is 9.80 Å². The van der Waals surface area contributed by atoms with Crippen LogP contribution in [0, 0.1) is 0 Å². The highest BCUT2D eigenvalue weighted by molar-refractivity contribution is 5.95. The van der Waals surface area contributed by atoms with Crippen molar-refractivity contribution in [3.63, 3.8) is 0 Å². The smallest absolute Gasteiger partial charge is 0.254 e. The first-order valence-electron chi connectivity index (χ1n) is 9.97. The zero-order valence-corrected chi connectivity index (χ0v) is 16.0. The predicted octanol–water partition coefficient (Wildman–Crippen LogP) is -0.0284. The molecule has 2 aliphatic heterocycles. The van der Waals surface area contributed by atoms with E-state index in [9.17, 15) is 14.7 Å². The van der Waals surface area contributed by atoms with Crippen molar-refractivity contribution in [3.05, 3.63) is 52.7 Å². The molecule has 2 fully saturated rings. The number of carbonyl (C=O) groups is 2. The topological polar surface area (TPSA) is 86.1 Å². The van der Waals surface area contributed by atoms with Crippen molar-refractivity contribution in [2.24, 2.45) is 4.99 Å². The molecule has 29 heavy (non-hydrogen) atoms. The maximum absolute atomic E-state index is 12.8. The van der Waals surface area contributed by atoms with Gasteiger partial charge < -0.3 is 14.9 Å². The lowest BCUT2D eigenvalue weighted by Crippen LogP contribution is -2.53. The van der Waals surface area contributed by atoms with E-state index >= 15 is 0 Å². The first kappa shape index (κ1) is 18.0. The van der Waals surface area contributed by atoms with Crippen LogP contribution in [0.5, 0.6) is 0 Å².